The molecule has 0 bridgehead atoms. The average molecular weight is 2000 g/mol. The highest BCUT2D eigenvalue weighted by Gasteiger charge is 2.46. The van der Waals surface area contributed by atoms with Gasteiger partial charge in [-0.15, -0.1) is 0 Å². The zero-order valence-electron chi connectivity index (χ0n) is 83.7. The topological polar surface area (TPSA) is 620 Å². The highest BCUT2D eigenvalue weighted by molar-refractivity contribution is 5.88. The Hall–Kier alpha value is -8.87. The summed E-state index contributed by atoms with van der Waals surface area (Å²) >= 11 is 0. The van der Waals surface area contributed by atoms with Crippen molar-refractivity contribution in [2.75, 3.05) is 6.61 Å². The molecule has 0 amide bonds. The van der Waals surface area contributed by atoms with E-state index in [1.54, 1.807) is 36.5 Å². The number of carboxylic acid groups (broad SMARTS) is 7. The molecule has 33 nitrogen and oxygen atoms in total. The normalized spacial score (nSPS) is 25.6. The largest absolute Gasteiger partial charge is 0.481 e. The number of hydrogen-bond acceptors (Lipinski definition) is 26. The van der Waals surface area contributed by atoms with Gasteiger partial charge in [-0.1, -0.05) is 163 Å². The number of carboxylic acids is 7. The maximum atomic E-state index is 12.1. The van der Waals surface area contributed by atoms with Crippen molar-refractivity contribution >= 4 is 88.1 Å². The van der Waals surface area contributed by atoms with Crippen LogP contribution in [0.3, 0.4) is 0 Å². The SMILES string of the molecule is CC/C=C\C[C@H](O)/C=C/[C@H]1C(=O)C[C@H](O)[C@@H]1C/C=C\CCCC(=O)O.CC/C=C\C[C@H](O)/C=C/[C@H]1[C@H](O)CC(=O)[C@@H]1C/C=C\CCCC(=O)O.CCCCCC(=O)CC[C@H]1C(=O)C[C@H](O)[C@@H]1CCC(=O)O.CCCCCC(=O)CC[C@H]1[C@H](O)CC(=O)[C@@H]1CCC(=O)O.O=C(O)CCC/C=C\C[C@H]1C(=O)C[C@@H](O)[C@@H]1/C=C/[C@@H](O)CCCCCO.O=C(O)CCCCC(=O)CC[C@@H]1[C@@H](CCC(=O)O)[C@@H](O)C[C@H]1O. The number of Topliss-reactive ketones (excluding diaryl/α,β-unsaturated/α-hetero) is 8. The molecule has 6 aliphatic rings. The van der Waals surface area contributed by atoms with E-state index in [2.05, 4.69) is 13.8 Å². The van der Waals surface area contributed by atoms with Crippen LogP contribution in [0.15, 0.2) is 97.2 Å². The molecular formula is C108H170O33. The zero-order valence-corrected chi connectivity index (χ0v) is 83.7. The minimum atomic E-state index is -0.938. The van der Waals surface area contributed by atoms with Gasteiger partial charge in [-0.2, -0.15) is 0 Å². The third-order valence-corrected chi connectivity index (χ3v) is 26.8. The van der Waals surface area contributed by atoms with Crippen LogP contribution in [-0.4, -0.2) is 248 Å². The van der Waals surface area contributed by atoms with Crippen molar-refractivity contribution in [3.63, 3.8) is 0 Å². The molecule has 0 aromatic rings. The van der Waals surface area contributed by atoms with Crippen molar-refractivity contribution in [3.8, 4) is 0 Å². The monoisotopic (exact) mass is 2000 g/mol. The number of allylic oxidation sites excluding steroid dienone is 9. The lowest BCUT2D eigenvalue weighted by Gasteiger charge is -2.22. The molecule has 0 radical (unpaired) electrons. The van der Waals surface area contributed by atoms with E-state index < -0.39 is 109 Å². The number of ketones is 8. The molecule has 6 fully saturated rings. The van der Waals surface area contributed by atoms with Gasteiger partial charge in [0, 0.05) is 170 Å². The van der Waals surface area contributed by atoms with E-state index in [-0.39, 0.29) is 214 Å². The van der Waals surface area contributed by atoms with Crippen LogP contribution in [0.2, 0.25) is 0 Å². The summed E-state index contributed by atoms with van der Waals surface area (Å²) in [6.45, 7) is 8.37. The fraction of sp³-hybridized carbons (Fsp3) is 0.713. The quantitative estimate of drug-likeness (QED) is 0.0199. The summed E-state index contributed by atoms with van der Waals surface area (Å²) < 4.78 is 0. The van der Waals surface area contributed by atoms with Crippen molar-refractivity contribution in [1.29, 1.82) is 0 Å². The van der Waals surface area contributed by atoms with Gasteiger partial charge in [-0.05, 0) is 191 Å². The minimum absolute atomic E-state index is 0.00401. The van der Waals surface area contributed by atoms with Gasteiger partial charge in [-0.3, -0.25) is 71.9 Å². The number of hydrogen-bond donors (Lipinski definition) is 18. The Morgan fingerprint density at radius 3 is 1.01 bits per heavy atom. The molecule has 0 saturated heterocycles. The highest BCUT2D eigenvalue weighted by atomic mass is 16.4. The molecule has 141 heavy (non-hydrogen) atoms. The van der Waals surface area contributed by atoms with E-state index in [0.717, 1.165) is 70.6 Å². The molecular weight excluding hydrogens is 1830 g/mol. The molecule has 18 N–H and O–H groups in total. The van der Waals surface area contributed by atoms with Gasteiger partial charge in [-0.25, -0.2) is 0 Å². The molecule has 22 atom stereocenters. The summed E-state index contributed by atoms with van der Waals surface area (Å²) in [7, 11) is 0. The number of rotatable bonds is 66. The van der Waals surface area contributed by atoms with Crippen molar-refractivity contribution in [2.24, 2.45) is 71.0 Å². The predicted octanol–water partition coefficient (Wildman–Crippen LogP) is 14.2. The second-order valence-electron chi connectivity index (χ2n) is 38.2. The Labute approximate surface area is 832 Å². The lowest BCUT2D eigenvalue weighted by molar-refractivity contribution is -0.138. The molecule has 33 heteroatoms. The van der Waals surface area contributed by atoms with E-state index in [9.17, 15) is 123 Å². The van der Waals surface area contributed by atoms with Crippen LogP contribution >= 0.6 is 0 Å². The Morgan fingerprint density at radius 2 is 0.610 bits per heavy atom. The molecule has 6 rings (SSSR count). The third kappa shape index (κ3) is 59.2. The van der Waals surface area contributed by atoms with Gasteiger partial charge in [0.15, 0.2) is 0 Å². The predicted molar refractivity (Wildman–Crippen MR) is 529 cm³/mol. The molecule has 0 aromatic heterocycles. The Balaban J connectivity index is 0.000000847. The van der Waals surface area contributed by atoms with Gasteiger partial charge < -0.3 is 91.9 Å². The number of aliphatic hydroxyl groups excluding tert-OH is 11. The highest BCUT2D eigenvalue weighted by Crippen LogP contribution is 2.42. The minimum Gasteiger partial charge on any atom is -0.481 e. The van der Waals surface area contributed by atoms with Gasteiger partial charge in [0.2, 0.25) is 0 Å². The van der Waals surface area contributed by atoms with Crippen LogP contribution in [0.4, 0.5) is 0 Å². The van der Waals surface area contributed by atoms with Crippen LogP contribution in [0.5, 0.6) is 0 Å². The van der Waals surface area contributed by atoms with Gasteiger partial charge in [0.05, 0.1) is 61.0 Å². The number of aliphatic carboxylic acids is 7. The number of aliphatic hydroxyl groups is 11. The maximum absolute atomic E-state index is 12.1. The number of carbonyl (C=O) groups is 15. The van der Waals surface area contributed by atoms with E-state index >= 15 is 0 Å². The summed E-state index contributed by atoms with van der Waals surface area (Å²) in [4.78, 5) is 169. The molecule has 0 heterocycles. The third-order valence-electron chi connectivity index (χ3n) is 26.8. The molecule has 800 valence electrons. The van der Waals surface area contributed by atoms with Crippen LogP contribution in [0, 0.1) is 71.0 Å². The number of carbonyl (C=O) groups excluding carboxylic acids is 8. The first-order chi connectivity index (χ1) is 67.1. The standard InChI is InChI=1S/C20H32O6.2C20H30O5.C16H26O7.2C16H26O5/c21-13-7-3-4-8-15(22)11-12-17-16(18(23)14-19(17)24)9-5-1-2-6-10-20(25)26;2*1-2-3-6-9-15(21)12-13-17-16(18(22)14-19(17)23)10-7-4-5-8-11-20(24)25;17-10(3-1-2-4-15(20)21)5-6-11-12(7-8-16(22)23)14(19)9-13(11)18;2*1-2-3-4-5-11(17)6-7-12-13(8-9-16(20)21)15(19)10-14(12)18/h1,5,11-12,15-17,19,21-22,24H,2-4,6-10,13-14H2,(H,25,26);3-4,6-7,12-13,15-17,19,21,23H,2,5,8-11,14H2,1H3,(H,24,25);3-4,6-7,12-13,15-18,21-22H,2,5,8-11,14H2,1H3,(H,24,25);11-14,18-19H,1-9H2,(H,20,21)(H,22,23);12-13,15,19H,2-10H2,1H3,(H,20,21);12-14,18H,2-10H2,1H3,(H,20,21)/b5-1-,12-11+;2*6-3-,7-4-,13-12+;;;/t2*15-,16+,17+,19+;15-,16+,17+,18-;11-,12-,13-,14+;12-,13-,15+;12-,13-,14-/m000111/s1. The summed E-state index contributed by atoms with van der Waals surface area (Å²) in [5.41, 5.74) is 0. The molecule has 0 unspecified atom stereocenters. The lowest BCUT2D eigenvalue weighted by atomic mass is 9.85. The van der Waals surface area contributed by atoms with Crippen molar-refractivity contribution in [3.05, 3.63) is 97.2 Å². The van der Waals surface area contributed by atoms with Crippen LogP contribution in [0.1, 0.15) is 349 Å². The van der Waals surface area contributed by atoms with Crippen LogP contribution < -0.4 is 0 Å². The van der Waals surface area contributed by atoms with Crippen LogP contribution in [-0.2, 0) is 71.9 Å². The first kappa shape index (κ1) is 130. The van der Waals surface area contributed by atoms with Gasteiger partial charge >= 0.3 is 41.8 Å². The Kier molecular flexibility index (Phi) is 71.6. The molecule has 6 saturated carbocycles. The first-order valence-electron chi connectivity index (χ1n) is 51.5. The Morgan fingerprint density at radius 1 is 0.291 bits per heavy atom. The first-order valence-corrected chi connectivity index (χ1v) is 51.5. The van der Waals surface area contributed by atoms with Gasteiger partial charge in [0.25, 0.3) is 0 Å². The number of unbranched alkanes of at least 4 members (excludes halogenated alkanes) is 10. The fourth-order valence-electron chi connectivity index (χ4n) is 18.7. The fourth-order valence-corrected chi connectivity index (χ4v) is 18.7. The summed E-state index contributed by atoms with van der Waals surface area (Å²) in [5.74, 6) is -9.32. The molecule has 0 aliphatic heterocycles. The maximum Gasteiger partial charge on any atom is 0.303 e. The van der Waals surface area contributed by atoms with E-state index in [4.69, 9.17) is 40.9 Å². The lowest BCUT2D eigenvalue weighted by Crippen LogP contribution is -2.24. The molecule has 0 aromatic carbocycles. The van der Waals surface area contributed by atoms with Crippen molar-refractivity contribution in [1.82, 2.24) is 0 Å². The van der Waals surface area contributed by atoms with Gasteiger partial charge in [0.1, 0.15) is 46.3 Å². The molecule has 6 aliphatic carbocycles. The van der Waals surface area contributed by atoms with Crippen molar-refractivity contribution < 1.29 is 164 Å². The smallest absolute Gasteiger partial charge is 0.303 e. The summed E-state index contributed by atoms with van der Waals surface area (Å²) in [5, 5.41) is 169. The second-order valence-corrected chi connectivity index (χ2v) is 38.2. The summed E-state index contributed by atoms with van der Waals surface area (Å²) in [6.07, 6.45) is 46.6. The Bertz CT molecular complexity index is 3950. The average Bonchev–Trinajstić information content (AvgIpc) is 1.72. The van der Waals surface area contributed by atoms with Crippen molar-refractivity contribution in [2.45, 2.75) is 410 Å². The van der Waals surface area contributed by atoms with E-state index in [1.807, 2.05) is 74.6 Å². The van der Waals surface area contributed by atoms with Crippen LogP contribution in [0.25, 0.3) is 0 Å². The van der Waals surface area contributed by atoms with E-state index in [1.165, 1.54) is 0 Å². The van der Waals surface area contributed by atoms with E-state index in [0.29, 0.717) is 154 Å². The second kappa shape index (κ2) is 77.6. The summed E-state index contributed by atoms with van der Waals surface area (Å²) in [6, 6.07) is 0. The molecule has 0 spiro atoms. The zero-order chi connectivity index (χ0) is 106.